The number of ether oxygens (including phenoxy) is 3. The molecule has 0 aromatic carbocycles. The summed E-state index contributed by atoms with van der Waals surface area (Å²) in [4.78, 5) is 38.0. The molecule has 0 spiro atoms. The third-order valence-corrected chi connectivity index (χ3v) is 12.2. The normalized spacial score (nSPS) is 12.7. The highest BCUT2D eigenvalue weighted by Gasteiger charge is 2.19. The fourth-order valence-corrected chi connectivity index (χ4v) is 7.90. The van der Waals surface area contributed by atoms with E-state index < -0.39 is 6.10 Å². The minimum Gasteiger partial charge on any atom is -0.462 e. The van der Waals surface area contributed by atoms with Crippen molar-refractivity contribution in [2.75, 3.05) is 13.2 Å². The van der Waals surface area contributed by atoms with Crippen molar-refractivity contribution in [2.24, 2.45) is 0 Å². The number of hydrogen-bond donors (Lipinski definition) is 0. The second kappa shape index (κ2) is 56.2. The SMILES string of the molecule is CC/C=C\C/C=C\C/C=C\C/C=C\C/C=C\C/C=C\C/C=C\CCCC(=O)OCC(COC(=O)CCCCCCCCCC)OC(=O)CCCCCCCCCCCCCCCCCCCCC. The number of carbonyl (C=O) groups excluding carboxylic acids is 3. The van der Waals surface area contributed by atoms with Crippen molar-refractivity contribution in [1.29, 1.82) is 0 Å². The zero-order chi connectivity index (χ0) is 49.3. The van der Waals surface area contributed by atoms with Crippen LogP contribution in [0, 0.1) is 0 Å². The number of carbonyl (C=O) groups is 3. The molecule has 0 bridgehead atoms. The van der Waals surface area contributed by atoms with Crippen LogP contribution in [0.3, 0.4) is 0 Å². The Labute approximate surface area is 420 Å². The summed E-state index contributed by atoms with van der Waals surface area (Å²) in [5.41, 5.74) is 0. The molecule has 0 aliphatic rings. The van der Waals surface area contributed by atoms with Gasteiger partial charge in [-0.05, 0) is 70.6 Å². The molecule has 0 saturated carbocycles. The van der Waals surface area contributed by atoms with Gasteiger partial charge in [-0.1, -0.05) is 266 Å². The van der Waals surface area contributed by atoms with E-state index in [0.717, 1.165) is 89.9 Å². The zero-order valence-electron chi connectivity index (χ0n) is 44.6. The third kappa shape index (κ3) is 53.5. The van der Waals surface area contributed by atoms with Crippen LogP contribution in [0.25, 0.3) is 0 Å². The summed E-state index contributed by atoms with van der Waals surface area (Å²) in [5.74, 6) is -0.951. The maximum Gasteiger partial charge on any atom is 0.306 e. The highest BCUT2D eigenvalue weighted by molar-refractivity contribution is 5.71. The Morgan fingerprint density at radius 1 is 0.309 bits per heavy atom. The quantitative estimate of drug-likeness (QED) is 0.0262. The molecule has 0 fully saturated rings. The van der Waals surface area contributed by atoms with E-state index in [1.807, 2.05) is 0 Å². The second-order valence-corrected chi connectivity index (χ2v) is 18.8. The van der Waals surface area contributed by atoms with Gasteiger partial charge >= 0.3 is 17.9 Å². The topological polar surface area (TPSA) is 78.9 Å². The van der Waals surface area contributed by atoms with Crippen LogP contribution >= 0.6 is 0 Å². The van der Waals surface area contributed by atoms with Crippen LogP contribution in [0.1, 0.15) is 271 Å². The summed E-state index contributed by atoms with van der Waals surface area (Å²) in [6, 6.07) is 0. The van der Waals surface area contributed by atoms with Gasteiger partial charge in [0.05, 0.1) is 0 Å². The summed E-state index contributed by atoms with van der Waals surface area (Å²) in [6.45, 7) is 6.47. The molecule has 6 nitrogen and oxygen atoms in total. The van der Waals surface area contributed by atoms with Crippen molar-refractivity contribution in [3.63, 3.8) is 0 Å². The molecule has 0 heterocycles. The molecule has 0 aliphatic carbocycles. The lowest BCUT2D eigenvalue weighted by Crippen LogP contribution is -2.30. The lowest BCUT2D eigenvalue weighted by molar-refractivity contribution is -0.167. The molecule has 0 aliphatic heterocycles. The van der Waals surface area contributed by atoms with Gasteiger partial charge in [0.25, 0.3) is 0 Å². The van der Waals surface area contributed by atoms with E-state index in [1.54, 1.807) is 0 Å². The van der Waals surface area contributed by atoms with Crippen molar-refractivity contribution >= 4 is 17.9 Å². The van der Waals surface area contributed by atoms with Crippen molar-refractivity contribution < 1.29 is 28.6 Å². The van der Waals surface area contributed by atoms with E-state index >= 15 is 0 Å². The predicted molar refractivity (Wildman–Crippen MR) is 293 cm³/mol. The van der Waals surface area contributed by atoms with Gasteiger partial charge in [0.15, 0.2) is 6.10 Å². The summed E-state index contributed by atoms with van der Waals surface area (Å²) < 4.78 is 16.8. The Morgan fingerprint density at radius 3 is 0.897 bits per heavy atom. The average Bonchev–Trinajstić information content (AvgIpc) is 3.34. The van der Waals surface area contributed by atoms with Gasteiger partial charge in [-0.15, -0.1) is 0 Å². The lowest BCUT2D eigenvalue weighted by atomic mass is 10.0. The Hall–Kier alpha value is -3.41. The smallest absolute Gasteiger partial charge is 0.306 e. The first-order chi connectivity index (χ1) is 33.5. The van der Waals surface area contributed by atoms with E-state index in [-0.39, 0.29) is 37.5 Å². The molecule has 0 N–H and O–H groups in total. The molecule has 1 unspecified atom stereocenters. The van der Waals surface area contributed by atoms with Crippen LogP contribution in [-0.2, 0) is 28.6 Å². The largest absolute Gasteiger partial charge is 0.462 e. The maximum atomic E-state index is 12.8. The van der Waals surface area contributed by atoms with Gasteiger partial charge in [0, 0.05) is 19.3 Å². The highest BCUT2D eigenvalue weighted by atomic mass is 16.6. The standard InChI is InChI=1S/C62H106O6/c1-4-7-10-13-16-19-21-23-25-27-29-30-31-32-34-35-37-39-41-43-46-49-52-55-61(64)67-58-59(57-66-60(63)54-51-48-45-18-15-12-9-6-3)68-62(65)56-53-50-47-44-42-40-38-36-33-28-26-24-22-20-17-14-11-8-5-2/h7,10,16,19,23,25,29-30,32,34,37,39,43,46,59H,4-6,8-9,11-15,17-18,20-22,24,26-28,31,33,35-36,38,40-42,44-45,47-58H2,1-3H3/b10-7-,19-16-,25-23-,30-29-,34-32-,39-37-,46-43-. The minimum atomic E-state index is -0.796. The molecule has 0 rings (SSSR count). The molecule has 68 heavy (non-hydrogen) atoms. The first kappa shape index (κ1) is 64.6. The predicted octanol–water partition coefficient (Wildman–Crippen LogP) is 19.2. The van der Waals surface area contributed by atoms with Gasteiger partial charge in [-0.3, -0.25) is 14.4 Å². The molecule has 390 valence electrons. The van der Waals surface area contributed by atoms with Crippen LogP contribution in [0.4, 0.5) is 0 Å². The van der Waals surface area contributed by atoms with E-state index in [9.17, 15) is 14.4 Å². The fourth-order valence-electron chi connectivity index (χ4n) is 7.90. The van der Waals surface area contributed by atoms with Gasteiger partial charge in [-0.2, -0.15) is 0 Å². The van der Waals surface area contributed by atoms with E-state index in [0.29, 0.717) is 19.3 Å². The lowest BCUT2D eigenvalue weighted by Gasteiger charge is -2.18. The monoisotopic (exact) mass is 947 g/mol. The first-order valence-electron chi connectivity index (χ1n) is 28.6. The average molecular weight is 948 g/mol. The summed E-state index contributed by atoms with van der Waals surface area (Å²) in [7, 11) is 0. The van der Waals surface area contributed by atoms with E-state index in [4.69, 9.17) is 14.2 Å². The van der Waals surface area contributed by atoms with Crippen LogP contribution < -0.4 is 0 Å². The van der Waals surface area contributed by atoms with Crippen LogP contribution in [0.15, 0.2) is 85.1 Å². The molecule has 0 aromatic rings. The Balaban J connectivity index is 4.34. The minimum absolute atomic E-state index is 0.0919. The number of hydrogen-bond acceptors (Lipinski definition) is 6. The molecule has 0 aromatic heterocycles. The summed E-state index contributed by atoms with van der Waals surface area (Å²) in [6.07, 6.45) is 73.1. The molecule has 6 heteroatoms. The molecule has 0 radical (unpaired) electrons. The first-order valence-corrected chi connectivity index (χ1v) is 28.6. The molecule has 0 amide bonds. The molecular weight excluding hydrogens is 841 g/mol. The number of allylic oxidation sites excluding steroid dienone is 14. The van der Waals surface area contributed by atoms with Crippen LogP contribution in [0.5, 0.6) is 0 Å². The molecule has 0 saturated heterocycles. The van der Waals surface area contributed by atoms with Crippen molar-refractivity contribution in [1.82, 2.24) is 0 Å². The summed E-state index contributed by atoms with van der Waals surface area (Å²) >= 11 is 0. The van der Waals surface area contributed by atoms with Crippen molar-refractivity contribution in [2.45, 2.75) is 277 Å². The highest BCUT2D eigenvalue weighted by Crippen LogP contribution is 2.16. The molecule has 1 atom stereocenters. The van der Waals surface area contributed by atoms with Gasteiger partial charge < -0.3 is 14.2 Å². The Bertz CT molecular complexity index is 1320. The van der Waals surface area contributed by atoms with E-state index in [2.05, 4.69) is 106 Å². The van der Waals surface area contributed by atoms with Gasteiger partial charge in [-0.25, -0.2) is 0 Å². The number of rotatable bonds is 51. The number of unbranched alkanes of at least 4 members (excludes halogenated alkanes) is 26. The van der Waals surface area contributed by atoms with Gasteiger partial charge in [0.2, 0.25) is 0 Å². The van der Waals surface area contributed by atoms with Crippen LogP contribution in [0.2, 0.25) is 0 Å². The summed E-state index contributed by atoms with van der Waals surface area (Å²) in [5, 5.41) is 0. The van der Waals surface area contributed by atoms with Crippen LogP contribution in [-0.4, -0.2) is 37.2 Å². The third-order valence-electron chi connectivity index (χ3n) is 12.2. The molecular formula is C62H106O6. The zero-order valence-corrected chi connectivity index (χ0v) is 44.6. The maximum absolute atomic E-state index is 12.8. The second-order valence-electron chi connectivity index (χ2n) is 18.8. The Morgan fingerprint density at radius 2 is 0.574 bits per heavy atom. The Kier molecular flexibility index (Phi) is 53.4. The number of esters is 3. The fraction of sp³-hybridized carbons (Fsp3) is 0.726. The van der Waals surface area contributed by atoms with Crippen molar-refractivity contribution in [3.05, 3.63) is 85.1 Å². The van der Waals surface area contributed by atoms with Crippen molar-refractivity contribution in [3.8, 4) is 0 Å². The van der Waals surface area contributed by atoms with Gasteiger partial charge in [0.1, 0.15) is 13.2 Å². The van der Waals surface area contributed by atoms with E-state index in [1.165, 1.54) is 135 Å².